The van der Waals surface area contributed by atoms with Gasteiger partial charge in [-0.2, -0.15) is 0 Å². The van der Waals surface area contributed by atoms with Crippen molar-refractivity contribution < 1.29 is 14.7 Å². The van der Waals surface area contributed by atoms with Gasteiger partial charge < -0.3 is 10.4 Å². The number of aliphatic carboxylic acids is 1. The average molecular weight is 241 g/mol. The Bertz CT molecular complexity index is 449. The minimum Gasteiger partial charge on any atom is -0.480 e. The molecule has 1 atom stereocenters. The van der Waals surface area contributed by atoms with Crippen LogP contribution in [0.15, 0.2) is 24.3 Å². The molecular weight excluding hydrogens is 232 g/mol. The molecule has 1 fully saturated rings. The Labute approximate surface area is 96.6 Å². The van der Waals surface area contributed by atoms with Gasteiger partial charge in [-0.05, 0) is 12.1 Å². The number of rotatable bonds is 2. The molecule has 1 aliphatic rings. The van der Waals surface area contributed by atoms with E-state index < -0.39 is 18.0 Å². The number of carboxylic acids is 1. The largest absolute Gasteiger partial charge is 0.480 e. The van der Waals surface area contributed by atoms with Crippen molar-refractivity contribution in [1.82, 2.24) is 5.32 Å². The molecule has 1 aromatic rings. The number of halogens is 1. The Kier molecular flexibility index (Phi) is 2.70. The molecule has 0 saturated carbocycles. The summed E-state index contributed by atoms with van der Waals surface area (Å²) >= 11 is 5.92. The number of hydrogen-bond donors (Lipinski definition) is 2. The first kappa shape index (κ1) is 10.8. The highest BCUT2D eigenvalue weighted by atomic mass is 35.5. The predicted octanol–water partition coefficient (Wildman–Crippen LogP) is 1.32. The summed E-state index contributed by atoms with van der Waals surface area (Å²) in [7, 11) is 0. The summed E-state index contributed by atoms with van der Waals surface area (Å²) in [5.41, 5.74) is 0.409. The van der Waals surface area contributed by atoms with E-state index in [4.69, 9.17) is 16.7 Å². The van der Waals surface area contributed by atoms with E-state index in [1.807, 2.05) is 0 Å². The van der Waals surface area contributed by atoms with E-state index in [9.17, 15) is 9.59 Å². The zero-order chi connectivity index (χ0) is 11.7. The van der Waals surface area contributed by atoms with Gasteiger partial charge in [-0.25, -0.2) is 9.59 Å². The van der Waals surface area contributed by atoms with E-state index in [1.54, 1.807) is 24.3 Å². The Hall–Kier alpha value is -1.75. The molecule has 2 amide bonds. The van der Waals surface area contributed by atoms with E-state index in [0.717, 1.165) is 4.90 Å². The summed E-state index contributed by atoms with van der Waals surface area (Å²) in [5.74, 6) is -1.06. The van der Waals surface area contributed by atoms with Crippen LogP contribution in [0.2, 0.25) is 5.02 Å². The Morgan fingerprint density at radius 3 is 2.81 bits per heavy atom. The Morgan fingerprint density at radius 1 is 1.50 bits per heavy atom. The van der Waals surface area contributed by atoms with Crippen molar-refractivity contribution in [3.63, 3.8) is 0 Å². The predicted molar refractivity (Wildman–Crippen MR) is 58.8 cm³/mol. The topological polar surface area (TPSA) is 69.6 Å². The monoisotopic (exact) mass is 240 g/mol. The Morgan fingerprint density at radius 2 is 2.19 bits per heavy atom. The van der Waals surface area contributed by atoms with Gasteiger partial charge >= 0.3 is 12.0 Å². The van der Waals surface area contributed by atoms with Gasteiger partial charge in [0.05, 0.1) is 17.3 Å². The summed E-state index contributed by atoms with van der Waals surface area (Å²) < 4.78 is 0. The number of amides is 2. The van der Waals surface area contributed by atoms with Crippen LogP contribution < -0.4 is 10.2 Å². The summed E-state index contributed by atoms with van der Waals surface area (Å²) in [6.45, 7) is 0.0827. The second-order valence-electron chi connectivity index (χ2n) is 3.36. The molecule has 0 aliphatic carbocycles. The molecule has 0 radical (unpaired) electrons. The number of urea groups is 1. The molecule has 16 heavy (non-hydrogen) atoms. The molecule has 2 rings (SSSR count). The molecule has 0 aromatic heterocycles. The minimum absolute atomic E-state index is 0.0827. The van der Waals surface area contributed by atoms with Crippen LogP contribution in [0.1, 0.15) is 0 Å². The van der Waals surface area contributed by atoms with E-state index in [0.29, 0.717) is 10.7 Å². The van der Waals surface area contributed by atoms with Crippen molar-refractivity contribution >= 4 is 29.3 Å². The van der Waals surface area contributed by atoms with E-state index >= 15 is 0 Å². The Balaban J connectivity index is 2.41. The lowest BCUT2D eigenvalue weighted by Crippen LogP contribution is -2.39. The second-order valence-corrected chi connectivity index (χ2v) is 3.77. The van der Waals surface area contributed by atoms with Gasteiger partial charge in [0, 0.05) is 0 Å². The number of carbonyl (C=O) groups is 2. The van der Waals surface area contributed by atoms with Crippen molar-refractivity contribution in [2.75, 3.05) is 11.4 Å². The lowest BCUT2D eigenvalue weighted by Gasteiger charge is -2.20. The first-order valence-corrected chi connectivity index (χ1v) is 5.03. The van der Waals surface area contributed by atoms with E-state index in [1.165, 1.54) is 0 Å². The summed E-state index contributed by atoms with van der Waals surface area (Å²) in [6, 6.07) is 5.29. The van der Waals surface area contributed by atoms with Gasteiger partial charge in [-0.3, -0.25) is 4.90 Å². The molecule has 1 saturated heterocycles. The fourth-order valence-electron chi connectivity index (χ4n) is 1.62. The second kappa shape index (κ2) is 4.02. The first-order chi connectivity index (χ1) is 7.61. The van der Waals surface area contributed by atoms with Gasteiger partial charge in [-0.15, -0.1) is 0 Å². The molecule has 1 heterocycles. The van der Waals surface area contributed by atoms with Crippen LogP contribution in [0.5, 0.6) is 0 Å². The normalized spacial score (nSPS) is 19.7. The lowest BCUT2D eigenvalue weighted by molar-refractivity contribution is -0.137. The fourth-order valence-corrected chi connectivity index (χ4v) is 1.85. The number of carboxylic acid groups (broad SMARTS) is 1. The fraction of sp³-hybridized carbons (Fsp3) is 0.200. The van der Waals surface area contributed by atoms with Crippen LogP contribution >= 0.6 is 11.6 Å². The zero-order valence-electron chi connectivity index (χ0n) is 8.18. The number of anilines is 1. The van der Waals surface area contributed by atoms with Crippen LogP contribution in [0.25, 0.3) is 0 Å². The molecule has 2 N–H and O–H groups in total. The van der Waals surface area contributed by atoms with Crippen molar-refractivity contribution in [3.05, 3.63) is 29.3 Å². The van der Waals surface area contributed by atoms with Crippen LogP contribution in [-0.2, 0) is 4.79 Å². The molecule has 1 aliphatic heterocycles. The van der Waals surface area contributed by atoms with Crippen molar-refractivity contribution in [3.8, 4) is 0 Å². The number of hydrogen-bond acceptors (Lipinski definition) is 2. The highest BCUT2D eigenvalue weighted by Crippen LogP contribution is 2.28. The highest BCUT2D eigenvalue weighted by molar-refractivity contribution is 6.34. The van der Waals surface area contributed by atoms with Crippen molar-refractivity contribution in [1.29, 1.82) is 0 Å². The smallest absolute Gasteiger partial charge is 0.328 e. The van der Waals surface area contributed by atoms with Crippen LogP contribution in [0.4, 0.5) is 10.5 Å². The van der Waals surface area contributed by atoms with Crippen molar-refractivity contribution in [2.45, 2.75) is 6.04 Å². The van der Waals surface area contributed by atoms with Crippen molar-refractivity contribution in [2.24, 2.45) is 0 Å². The summed E-state index contributed by atoms with van der Waals surface area (Å²) in [5, 5.41) is 11.8. The first-order valence-electron chi connectivity index (χ1n) is 4.65. The standard InChI is InChI=1S/C10H9ClN2O3/c11-6-3-1-2-4-7(6)13-8(9(14)15)5-12-10(13)16/h1-4,8H,5H2,(H,12,16)(H,14,15). The minimum atomic E-state index is -1.06. The van der Waals surface area contributed by atoms with Crippen LogP contribution in [0, 0.1) is 0 Å². The molecule has 1 aromatic carbocycles. The maximum Gasteiger partial charge on any atom is 0.328 e. The molecule has 0 spiro atoms. The maximum atomic E-state index is 11.5. The van der Waals surface area contributed by atoms with Gasteiger partial charge in [0.25, 0.3) is 0 Å². The highest BCUT2D eigenvalue weighted by Gasteiger charge is 2.37. The lowest BCUT2D eigenvalue weighted by atomic mass is 10.2. The number of para-hydroxylation sites is 1. The zero-order valence-corrected chi connectivity index (χ0v) is 8.94. The third-order valence-corrected chi connectivity index (χ3v) is 2.69. The number of nitrogens with zero attached hydrogens (tertiary/aromatic N) is 1. The SMILES string of the molecule is O=C(O)C1CNC(=O)N1c1ccccc1Cl. The quantitative estimate of drug-likeness (QED) is 0.819. The van der Waals surface area contributed by atoms with Crippen LogP contribution in [-0.4, -0.2) is 29.7 Å². The van der Waals surface area contributed by atoms with Gasteiger partial charge in [0.15, 0.2) is 6.04 Å². The van der Waals surface area contributed by atoms with Crippen LogP contribution in [0.3, 0.4) is 0 Å². The van der Waals surface area contributed by atoms with Gasteiger partial charge in [-0.1, -0.05) is 23.7 Å². The average Bonchev–Trinajstić information content (AvgIpc) is 2.61. The van der Waals surface area contributed by atoms with E-state index in [2.05, 4.69) is 5.32 Å². The third kappa shape index (κ3) is 1.69. The molecular formula is C10H9ClN2O3. The molecule has 5 nitrogen and oxygen atoms in total. The third-order valence-electron chi connectivity index (χ3n) is 2.37. The van der Waals surface area contributed by atoms with E-state index in [-0.39, 0.29) is 6.54 Å². The maximum absolute atomic E-state index is 11.5. The molecule has 1 unspecified atom stereocenters. The number of nitrogens with one attached hydrogen (secondary N) is 1. The number of benzene rings is 1. The van der Waals surface area contributed by atoms with Gasteiger partial charge in [0.1, 0.15) is 0 Å². The molecule has 6 heteroatoms. The summed E-state index contributed by atoms with van der Waals surface area (Å²) in [4.78, 5) is 23.7. The summed E-state index contributed by atoms with van der Waals surface area (Å²) in [6.07, 6.45) is 0. The number of carbonyl (C=O) groups excluding carboxylic acids is 1. The van der Waals surface area contributed by atoms with Gasteiger partial charge in [0.2, 0.25) is 0 Å². The molecule has 0 bridgehead atoms. The molecule has 84 valence electrons.